The first-order valence-electron chi connectivity index (χ1n) is 14.5. The second-order valence-corrected chi connectivity index (χ2v) is 14.2. The van der Waals surface area contributed by atoms with Gasteiger partial charge in [-0.15, -0.1) is 6.58 Å². The zero-order valence-electron chi connectivity index (χ0n) is 24.4. The van der Waals surface area contributed by atoms with Gasteiger partial charge in [0.25, 0.3) is 0 Å². The molecule has 0 aliphatic heterocycles. The fourth-order valence-electron chi connectivity index (χ4n) is 6.23. The lowest BCUT2D eigenvalue weighted by atomic mass is 9.75. The molecule has 5 nitrogen and oxygen atoms in total. The molecular weight excluding hydrogens is 480 g/mol. The van der Waals surface area contributed by atoms with Gasteiger partial charge in [0, 0.05) is 5.56 Å². The lowest BCUT2D eigenvalue weighted by molar-refractivity contribution is -0.118. The third-order valence-corrected chi connectivity index (χ3v) is 10.7. The quantitative estimate of drug-likeness (QED) is 0.191. The first kappa shape index (κ1) is 30.4. The molecule has 1 aromatic rings. The van der Waals surface area contributed by atoms with E-state index in [1.54, 1.807) is 13.2 Å². The number of methoxy groups -OCH3 is 1. The van der Waals surface area contributed by atoms with Crippen LogP contribution >= 0.6 is 0 Å². The number of benzene rings is 1. The first-order valence-corrected chi connectivity index (χ1v) is 16.2. The number of hydrogen-bond acceptors (Lipinski definition) is 5. The Kier molecular flexibility index (Phi) is 11.7. The monoisotopic (exact) mass is 532 g/mol. The Hall–Kier alpha value is -1.18. The topological polar surface area (TPSA) is 46.2 Å². The highest BCUT2D eigenvalue weighted by atomic mass is 28.4. The highest BCUT2D eigenvalue weighted by molar-refractivity contribution is 6.53. The molecule has 0 spiro atoms. The van der Waals surface area contributed by atoms with Crippen molar-refractivity contribution < 1.29 is 22.4 Å². The lowest BCUT2D eigenvalue weighted by Gasteiger charge is -2.44. The van der Waals surface area contributed by atoms with Crippen molar-refractivity contribution in [1.82, 2.24) is 0 Å². The fraction of sp³-hybridized carbons (Fsp3) is 0.742. The Balaban J connectivity index is 1.97. The van der Waals surface area contributed by atoms with Crippen LogP contribution in [0.4, 0.5) is 0 Å². The van der Waals surface area contributed by atoms with E-state index in [0.29, 0.717) is 48.7 Å². The number of ether oxygens (including phenoxy) is 1. The van der Waals surface area contributed by atoms with Crippen molar-refractivity contribution in [2.75, 3.05) is 13.7 Å². The second kappa shape index (κ2) is 14.3. The predicted molar refractivity (Wildman–Crippen MR) is 152 cm³/mol. The standard InChI is InChI=1S/C31H52O5Si/c1-9-18-33-37(34-21-26-12-10-11-13-29(26)32-8,35-30-19-24(6)14-16-27(30)22(2)3)36-31-20-25(7)15-17-28(31)23(4)5/h9-13,22-25,27-28,30-31H,1,14-21H2,2-8H3/t24-,25-,27+,28+,30-,31-/m1/s1. The van der Waals surface area contributed by atoms with Crippen LogP contribution in [0.15, 0.2) is 36.9 Å². The van der Waals surface area contributed by atoms with Crippen LogP contribution in [0.2, 0.25) is 0 Å². The minimum absolute atomic E-state index is 0.0522. The average molecular weight is 533 g/mol. The van der Waals surface area contributed by atoms with E-state index in [4.69, 9.17) is 22.4 Å². The fourth-order valence-corrected chi connectivity index (χ4v) is 8.58. The van der Waals surface area contributed by atoms with Crippen molar-refractivity contribution in [2.45, 2.75) is 98.9 Å². The van der Waals surface area contributed by atoms with Crippen molar-refractivity contribution in [3.8, 4) is 5.75 Å². The molecule has 0 amide bonds. The van der Waals surface area contributed by atoms with Crippen LogP contribution in [0.5, 0.6) is 5.75 Å². The van der Waals surface area contributed by atoms with Gasteiger partial charge in [0.15, 0.2) is 0 Å². The Morgan fingerprint density at radius 3 is 1.89 bits per heavy atom. The lowest BCUT2D eigenvalue weighted by Crippen LogP contribution is -2.57. The number of hydrogen-bond donors (Lipinski definition) is 0. The van der Waals surface area contributed by atoms with Crippen molar-refractivity contribution in [1.29, 1.82) is 0 Å². The van der Waals surface area contributed by atoms with Gasteiger partial charge in [-0.1, -0.05) is 78.7 Å². The Morgan fingerprint density at radius 1 is 0.865 bits per heavy atom. The molecule has 0 aromatic heterocycles. The van der Waals surface area contributed by atoms with Crippen molar-refractivity contribution in [3.05, 3.63) is 42.5 Å². The van der Waals surface area contributed by atoms with Crippen molar-refractivity contribution in [3.63, 3.8) is 0 Å². The van der Waals surface area contributed by atoms with Gasteiger partial charge in [-0.3, -0.25) is 0 Å². The molecule has 0 bridgehead atoms. The van der Waals surface area contributed by atoms with E-state index in [-0.39, 0.29) is 12.2 Å². The SMILES string of the molecule is C=CCO[Si](OCc1ccccc1OC)(O[C@@H]1C[C@H](C)CC[C@H]1C(C)C)O[C@@H]1C[C@H](C)CC[C@H]1C(C)C. The van der Waals surface area contributed by atoms with E-state index in [0.717, 1.165) is 37.0 Å². The minimum atomic E-state index is -3.57. The van der Waals surface area contributed by atoms with E-state index >= 15 is 0 Å². The molecule has 0 heterocycles. The molecule has 0 unspecified atom stereocenters. The normalized spacial score (nSPS) is 29.0. The Bertz CT molecular complexity index is 794. The Labute approximate surface area is 227 Å². The van der Waals surface area contributed by atoms with Crippen LogP contribution < -0.4 is 4.74 Å². The van der Waals surface area contributed by atoms with Gasteiger partial charge in [-0.2, -0.15) is 0 Å². The molecular formula is C31H52O5Si. The second-order valence-electron chi connectivity index (χ2n) is 12.2. The molecule has 3 rings (SSSR count). The maximum absolute atomic E-state index is 7.07. The molecule has 2 aliphatic rings. The summed E-state index contributed by atoms with van der Waals surface area (Å²) in [5.41, 5.74) is 0.964. The molecule has 2 saturated carbocycles. The van der Waals surface area contributed by atoms with Gasteiger partial charge >= 0.3 is 9.05 Å². The van der Waals surface area contributed by atoms with Crippen LogP contribution in [0.1, 0.15) is 85.6 Å². The van der Waals surface area contributed by atoms with Gasteiger partial charge in [-0.05, 0) is 67.3 Å². The maximum Gasteiger partial charge on any atom is 0.680 e. The van der Waals surface area contributed by atoms with Gasteiger partial charge in [-0.25, -0.2) is 0 Å². The molecule has 0 N–H and O–H groups in total. The van der Waals surface area contributed by atoms with Gasteiger partial charge in [0.2, 0.25) is 0 Å². The summed E-state index contributed by atoms with van der Waals surface area (Å²) in [6.07, 6.45) is 8.69. The largest absolute Gasteiger partial charge is 0.680 e. The molecule has 210 valence electrons. The average Bonchev–Trinajstić information content (AvgIpc) is 2.86. The number of para-hydroxylation sites is 1. The smallest absolute Gasteiger partial charge is 0.496 e. The van der Waals surface area contributed by atoms with Crippen LogP contribution in [-0.4, -0.2) is 35.0 Å². The number of rotatable bonds is 13. The molecule has 2 fully saturated rings. The van der Waals surface area contributed by atoms with E-state index < -0.39 is 9.05 Å². The molecule has 0 saturated heterocycles. The van der Waals surface area contributed by atoms with Crippen LogP contribution in [0.25, 0.3) is 0 Å². The highest BCUT2D eigenvalue weighted by Gasteiger charge is 2.53. The summed E-state index contributed by atoms with van der Waals surface area (Å²) in [4.78, 5) is 0. The summed E-state index contributed by atoms with van der Waals surface area (Å²) in [6.45, 7) is 18.4. The van der Waals surface area contributed by atoms with Crippen molar-refractivity contribution in [2.24, 2.45) is 35.5 Å². The van der Waals surface area contributed by atoms with E-state index in [9.17, 15) is 0 Å². The van der Waals surface area contributed by atoms with Crippen LogP contribution in [0, 0.1) is 35.5 Å². The molecule has 37 heavy (non-hydrogen) atoms. The molecule has 0 radical (unpaired) electrons. The summed E-state index contributed by atoms with van der Waals surface area (Å²) in [5.74, 6) is 3.98. The zero-order valence-corrected chi connectivity index (χ0v) is 25.4. The summed E-state index contributed by atoms with van der Waals surface area (Å²) in [6, 6.07) is 7.97. The summed E-state index contributed by atoms with van der Waals surface area (Å²) < 4.78 is 33.0. The third-order valence-electron chi connectivity index (χ3n) is 8.49. The van der Waals surface area contributed by atoms with Crippen LogP contribution in [-0.2, 0) is 24.3 Å². The van der Waals surface area contributed by atoms with Crippen LogP contribution in [0.3, 0.4) is 0 Å². The molecule has 2 aliphatic carbocycles. The molecule has 6 atom stereocenters. The minimum Gasteiger partial charge on any atom is -0.496 e. The third kappa shape index (κ3) is 8.40. The zero-order chi connectivity index (χ0) is 27.0. The van der Waals surface area contributed by atoms with E-state index in [2.05, 4.69) is 48.1 Å². The summed E-state index contributed by atoms with van der Waals surface area (Å²) >= 11 is 0. The summed E-state index contributed by atoms with van der Waals surface area (Å²) in [7, 11) is -1.88. The molecule has 1 aromatic carbocycles. The van der Waals surface area contributed by atoms with Crippen molar-refractivity contribution >= 4 is 9.05 Å². The van der Waals surface area contributed by atoms with Gasteiger partial charge < -0.3 is 22.4 Å². The van der Waals surface area contributed by atoms with E-state index in [1.165, 1.54) is 12.8 Å². The molecule has 6 heteroatoms. The first-order chi connectivity index (χ1) is 17.7. The van der Waals surface area contributed by atoms with Gasteiger partial charge in [0.1, 0.15) is 5.75 Å². The van der Waals surface area contributed by atoms with E-state index in [1.807, 2.05) is 24.3 Å². The Morgan fingerprint density at radius 2 is 1.41 bits per heavy atom. The summed E-state index contributed by atoms with van der Waals surface area (Å²) in [5, 5.41) is 0. The maximum atomic E-state index is 7.07. The highest BCUT2D eigenvalue weighted by Crippen LogP contribution is 2.41. The predicted octanol–water partition coefficient (Wildman–Crippen LogP) is 7.80. The van der Waals surface area contributed by atoms with Gasteiger partial charge in [0.05, 0.1) is 32.5 Å².